The van der Waals surface area contributed by atoms with E-state index in [-0.39, 0.29) is 48.3 Å². The summed E-state index contributed by atoms with van der Waals surface area (Å²) in [6.45, 7) is 47.6. The molecule has 10 heterocycles. The van der Waals surface area contributed by atoms with Crippen molar-refractivity contribution in [2.75, 3.05) is 5.32 Å². The minimum Gasteiger partial charge on any atom is -0.331 e. The van der Waals surface area contributed by atoms with Gasteiger partial charge in [0.05, 0.1) is 30.4 Å². The van der Waals surface area contributed by atoms with Crippen molar-refractivity contribution < 1.29 is 4.79 Å². The highest BCUT2D eigenvalue weighted by molar-refractivity contribution is 6.00. The van der Waals surface area contributed by atoms with Crippen LogP contribution in [0.25, 0.3) is 33.4 Å². The molecule has 0 atom stereocenters. The van der Waals surface area contributed by atoms with Gasteiger partial charge in [0.1, 0.15) is 46.1 Å². The first-order chi connectivity index (χ1) is 37.4. The normalized spacial score (nSPS) is 12.8. The zero-order chi connectivity index (χ0) is 59.8. The van der Waals surface area contributed by atoms with Crippen LogP contribution in [0.15, 0.2) is 93.4 Å². The molecule has 436 valence electrons. The van der Waals surface area contributed by atoms with Gasteiger partial charge in [-0.25, -0.2) is 49.7 Å². The summed E-state index contributed by atoms with van der Waals surface area (Å²) in [5.41, 5.74) is 8.40. The molecule has 8 aromatic heterocycles. The van der Waals surface area contributed by atoms with Gasteiger partial charge < -0.3 is 38.8 Å². The number of aromatic nitrogens is 15. The summed E-state index contributed by atoms with van der Waals surface area (Å²) >= 11 is 0. The number of amides is 1. The van der Waals surface area contributed by atoms with E-state index < -0.39 is 0 Å². The Balaban J connectivity index is 0.000000209. The molecule has 23 heteroatoms. The van der Waals surface area contributed by atoms with Crippen LogP contribution in [-0.4, -0.2) is 95.2 Å². The Labute approximate surface area is 474 Å². The Hall–Kier alpha value is -8.63. The topological polar surface area (TPSA) is 267 Å². The highest BCUT2D eigenvalue weighted by atomic mass is 16.2. The average Bonchev–Trinajstić information content (AvgIpc) is 4.18. The van der Waals surface area contributed by atoms with Gasteiger partial charge in [-0.05, 0) is 150 Å². The predicted molar refractivity (Wildman–Crippen MR) is 325 cm³/mol. The Morgan fingerprint density at radius 1 is 0.531 bits per heavy atom. The molecule has 0 bridgehead atoms. The monoisotopic (exact) mass is 1110 g/mol. The van der Waals surface area contributed by atoms with Crippen molar-refractivity contribution in [2.45, 2.75) is 182 Å². The summed E-state index contributed by atoms with van der Waals surface area (Å²) in [5, 5.41) is 6.72. The number of aliphatic imine (C=N–C) groups is 1. The molecule has 0 saturated heterocycles. The summed E-state index contributed by atoms with van der Waals surface area (Å²) in [5.74, 6) is 4.10. The zero-order valence-electron chi connectivity index (χ0n) is 50.3. The molecule has 1 amide bonds. The van der Waals surface area contributed by atoms with E-state index in [0.717, 1.165) is 56.8 Å². The van der Waals surface area contributed by atoms with E-state index in [0.29, 0.717) is 58.0 Å². The number of nitrogens with zero attached hydrogens (tertiary/aromatic N) is 15. The first-order valence-corrected chi connectivity index (χ1v) is 26.7. The first kappa shape index (κ1) is 64.9. The fraction of sp³-hybridized carbons (Fsp3) is 0.466. The van der Waals surface area contributed by atoms with Crippen LogP contribution in [0.3, 0.4) is 0 Å². The molecule has 0 saturated carbocycles. The Bertz CT molecular complexity index is 3680. The average molecular weight is 1110 g/mol. The predicted octanol–water partition coefficient (Wildman–Crippen LogP) is 10.4. The lowest BCUT2D eigenvalue weighted by Crippen LogP contribution is -2.33. The lowest BCUT2D eigenvalue weighted by molar-refractivity contribution is 0.0959. The fourth-order valence-electron chi connectivity index (χ4n) is 8.27. The smallest absolute Gasteiger partial charge is 0.328 e. The number of imidazole rings is 3. The summed E-state index contributed by atoms with van der Waals surface area (Å²) in [6.07, 6.45) is 10.9. The van der Waals surface area contributed by atoms with Crippen molar-refractivity contribution >= 4 is 50.8 Å². The largest absolute Gasteiger partial charge is 0.331 e. The summed E-state index contributed by atoms with van der Waals surface area (Å²) in [7, 11) is 0. The quantitative estimate of drug-likeness (QED) is 0.121. The molecule has 81 heavy (non-hydrogen) atoms. The van der Waals surface area contributed by atoms with Gasteiger partial charge in [0.25, 0.3) is 17.0 Å². The van der Waals surface area contributed by atoms with Gasteiger partial charge in [-0.2, -0.15) is 0 Å². The highest BCUT2D eigenvalue weighted by Crippen LogP contribution is 2.24. The van der Waals surface area contributed by atoms with Gasteiger partial charge in [0, 0.05) is 71.5 Å². The molecule has 0 aliphatic carbocycles. The number of fused-ring (bicyclic) bond motifs is 4. The molecule has 0 fully saturated rings. The number of aromatic amines is 2. The van der Waals surface area contributed by atoms with E-state index in [1.807, 2.05) is 91.6 Å². The number of hydrogen-bond acceptors (Lipinski definition) is 15. The second-order valence-corrected chi connectivity index (χ2v) is 21.3. The molecule has 2 aliphatic rings. The van der Waals surface area contributed by atoms with E-state index in [4.69, 9.17) is 0 Å². The summed E-state index contributed by atoms with van der Waals surface area (Å²) in [4.78, 5) is 90.5. The lowest BCUT2D eigenvalue weighted by atomic mass is 10.2. The first-order valence-electron chi connectivity index (χ1n) is 26.7. The molecule has 0 unspecified atom stereocenters. The molecule has 8 aromatic rings. The maximum absolute atomic E-state index is 11.5. The molecule has 4 N–H and O–H groups in total. The molecule has 0 radical (unpaired) electrons. The Morgan fingerprint density at radius 3 is 1.60 bits per heavy atom. The van der Waals surface area contributed by atoms with E-state index >= 15 is 0 Å². The van der Waals surface area contributed by atoms with Crippen molar-refractivity contribution in [1.29, 1.82) is 0 Å². The third-order valence-electron chi connectivity index (χ3n) is 12.7. The van der Waals surface area contributed by atoms with Crippen LogP contribution in [-0.2, 0) is 0 Å². The molecule has 0 aromatic carbocycles. The number of nitrogens with one attached hydrogen (secondary N) is 4. The molecular formula is C58H85N19O4. The fourth-order valence-corrected chi connectivity index (χ4v) is 8.27. The second kappa shape index (κ2) is 27.5. The van der Waals surface area contributed by atoms with Crippen LogP contribution in [0.5, 0.6) is 0 Å². The van der Waals surface area contributed by atoms with Crippen molar-refractivity contribution in [3.05, 3.63) is 145 Å². The number of hydrogen-bond donors (Lipinski definition) is 4. The van der Waals surface area contributed by atoms with Gasteiger partial charge in [-0.15, -0.1) is 0 Å². The van der Waals surface area contributed by atoms with Crippen molar-refractivity contribution in [1.82, 2.24) is 82.9 Å². The number of H-pyrrole nitrogens is 2. The maximum Gasteiger partial charge on any atom is 0.328 e. The number of carbonyl (C=O) groups is 1. The van der Waals surface area contributed by atoms with E-state index in [1.165, 1.54) is 10.1 Å². The third-order valence-corrected chi connectivity index (χ3v) is 12.7. The highest BCUT2D eigenvalue weighted by Gasteiger charge is 2.25. The Morgan fingerprint density at radius 2 is 1.05 bits per heavy atom. The molecule has 0 spiro atoms. The van der Waals surface area contributed by atoms with Crippen molar-refractivity contribution in [2.24, 2.45) is 4.99 Å². The Kier molecular flexibility index (Phi) is 22.0. The van der Waals surface area contributed by atoms with Crippen LogP contribution in [0.2, 0.25) is 0 Å². The number of aryl methyl sites for hydroxylation is 6. The number of allylic oxidation sites excluding steroid dienone is 1. The minimum atomic E-state index is -0.347. The standard InChI is InChI=1S/C11H15N3.C10H14N4.C10H16N2.2C9H12N4O.C8H12N2O2.CH4/c1-7(2)14-6-5-10-8(3)12-9(4)13-11(10)14;1-6(2)14-5-11-9-7(3)12-8(4)13-10(9)14;1-7(2)12-6-8(3)9(4)11-10(12)5;2*1-5(2)13-4-10-7-8(13)11-6(3)12-9(7)14;1-5(2)10-4-6(3)7(11)9-8(10)12;/h5-7H,1-4H3;5-6H,1-4H3;6-7H,5H2,1-4H3;4-5H,1-3H3,(H,11,12,14);4-5,11H,3H2,1-2H3,(H,12,14);4-5H,1-3H3,(H,9,11,12);1H4. The molecule has 10 rings (SSSR count). The van der Waals surface area contributed by atoms with Crippen LogP contribution in [0.1, 0.15) is 179 Å². The summed E-state index contributed by atoms with van der Waals surface area (Å²) in [6, 6.07) is 3.95. The summed E-state index contributed by atoms with van der Waals surface area (Å²) < 4.78 is 9.53. The van der Waals surface area contributed by atoms with Crippen LogP contribution < -0.4 is 27.4 Å². The zero-order valence-corrected chi connectivity index (χ0v) is 50.3. The van der Waals surface area contributed by atoms with E-state index in [9.17, 15) is 19.2 Å². The minimum absolute atomic E-state index is 0. The SMILES string of the molecule is C.C=C1N=C(C)C(C)=CN1C(C)C.C=C1NC(=O)c2ncn(C(C)C)c2N1.Cc1cn(C(C)C)c(=O)[nH]c1=O.Cc1nc(C)c2ccn(C(C)C)c2n1.Cc1nc(C)c2ncn(C(C)C)c2n1.Cc1nc2c(ncn2C(C)C)c(=O)[nH]1. The van der Waals surface area contributed by atoms with Crippen molar-refractivity contribution in [3.63, 3.8) is 0 Å². The van der Waals surface area contributed by atoms with Gasteiger partial charge in [-0.1, -0.05) is 20.6 Å². The molecule has 2 aliphatic heterocycles. The van der Waals surface area contributed by atoms with Crippen LogP contribution >= 0.6 is 0 Å². The van der Waals surface area contributed by atoms with Gasteiger partial charge in [0.2, 0.25) is 0 Å². The molecule has 23 nitrogen and oxygen atoms in total. The van der Waals surface area contributed by atoms with Crippen LogP contribution in [0, 0.1) is 41.5 Å². The number of anilines is 1. The number of rotatable bonds is 6. The third kappa shape index (κ3) is 15.8. The lowest BCUT2D eigenvalue weighted by Gasteiger charge is -2.28. The van der Waals surface area contributed by atoms with Crippen molar-refractivity contribution in [3.8, 4) is 0 Å². The van der Waals surface area contributed by atoms with Crippen LogP contribution in [0.4, 0.5) is 5.82 Å². The van der Waals surface area contributed by atoms with Gasteiger partial charge in [0.15, 0.2) is 22.5 Å². The molecular weight excluding hydrogens is 1030 g/mol. The van der Waals surface area contributed by atoms with E-state index in [1.54, 1.807) is 32.7 Å². The maximum atomic E-state index is 11.5. The van der Waals surface area contributed by atoms with E-state index in [2.05, 4.69) is 160 Å². The second-order valence-electron chi connectivity index (χ2n) is 21.3. The number of carbonyl (C=O) groups excluding carboxylic acids is 1. The van der Waals surface area contributed by atoms with Gasteiger partial charge in [-0.3, -0.25) is 23.9 Å². The van der Waals surface area contributed by atoms with Gasteiger partial charge >= 0.3 is 5.69 Å².